The second kappa shape index (κ2) is 7.44. The molecule has 0 N–H and O–H groups in total. The van der Waals surface area contributed by atoms with Crippen molar-refractivity contribution in [2.24, 2.45) is 0 Å². The molecule has 0 saturated heterocycles. The second-order valence-electron chi connectivity index (χ2n) is 4.89. The van der Waals surface area contributed by atoms with E-state index in [1.807, 2.05) is 16.7 Å². The summed E-state index contributed by atoms with van der Waals surface area (Å²) in [5.41, 5.74) is 1.30. The Balaban J connectivity index is 2.61. The number of carbonyl (C=O) groups is 2. The van der Waals surface area contributed by atoms with Crippen LogP contribution in [0, 0.1) is 0 Å². The van der Waals surface area contributed by atoms with Gasteiger partial charge in [0.2, 0.25) is 5.78 Å². The lowest BCUT2D eigenvalue weighted by Crippen LogP contribution is -2.31. The van der Waals surface area contributed by atoms with Crippen molar-refractivity contribution in [3.05, 3.63) is 69.8 Å². The van der Waals surface area contributed by atoms with Crippen molar-refractivity contribution in [1.29, 1.82) is 0 Å². The van der Waals surface area contributed by atoms with E-state index in [1.54, 1.807) is 43.5 Å². The van der Waals surface area contributed by atoms with E-state index in [0.29, 0.717) is 16.8 Å². The largest absolute Gasteiger partial charge is 0.342 e. The molecule has 0 aliphatic carbocycles. The highest BCUT2D eigenvalue weighted by atomic mass is 35.5. The first-order valence-electron chi connectivity index (χ1n) is 6.94. The van der Waals surface area contributed by atoms with Crippen LogP contribution in [0.1, 0.15) is 22.8 Å². The number of Topliss-reactive ketones (excluding diaryl/α,β-unsaturated/α-hetero) is 1. The fourth-order valence-electron chi connectivity index (χ4n) is 2.39. The van der Waals surface area contributed by atoms with Crippen molar-refractivity contribution in [2.75, 3.05) is 0 Å². The summed E-state index contributed by atoms with van der Waals surface area (Å²) >= 11 is 11.2. The topological polar surface area (TPSA) is 39.1 Å². The summed E-state index contributed by atoms with van der Waals surface area (Å²) in [6.07, 6.45) is 6.85. The number of rotatable bonds is 5. The minimum Gasteiger partial charge on any atom is -0.342 e. The van der Waals surface area contributed by atoms with Crippen LogP contribution in [-0.2, 0) is 11.3 Å². The molecule has 1 aromatic heterocycles. The van der Waals surface area contributed by atoms with Gasteiger partial charge >= 0.3 is 0 Å². The molecule has 2 rings (SSSR count). The molecule has 0 aliphatic rings. The predicted octanol–water partition coefficient (Wildman–Crippen LogP) is 2.90. The van der Waals surface area contributed by atoms with Crippen molar-refractivity contribution in [3.63, 3.8) is 0 Å². The Kier molecular flexibility index (Phi) is 5.59. The summed E-state index contributed by atoms with van der Waals surface area (Å²) < 4.78 is 1.88. The van der Waals surface area contributed by atoms with E-state index in [1.165, 1.54) is 0 Å². The van der Waals surface area contributed by atoms with E-state index >= 15 is 0 Å². The Morgan fingerprint density at radius 1 is 1.26 bits per heavy atom. The molecule has 0 aliphatic heterocycles. The summed E-state index contributed by atoms with van der Waals surface area (Å²) in [5.74, 6) is -0.715. The van der Waals surface area contributed by atoms with Crippen LogP contribution in [0.2, 0.25) is 5.02 Å². The second-order valence-corrected chi connectivity index (χ2v) is 5.67. The first-order chi connectivity index (χ1) is 11.0. The third kappa shape index (κ3) is 3.81. The number of benzene rings is 1. The van der Waals surface area contributed by atoms with Gasteiger partial charge in [-0.2, -0.15) is 0 Å². The van der Waals surface area contributed by atoms with Crippen LogP contribution < -0.4 is 10.6 Å². The number of aromatic nitrogens is 1. The van der Waals surface area contributed by atoms with Crippen molar-refractivity contribution in [2.45, 2.75) is 13.5 Å². The van der Waals surface area contributed by atoms with Crippen LogP contribution in [0.5, 0.6) is 0 Å². The number of hydrogen-bond donors (Lipinski definition) is 0. The van der Waals surface area contributed by atoms with Crippen LogP contribution in [0.15, 0.2) is 43.1 Å². The summed E-state index contributed by atoms with van der Waals surface area (Å²) in [4.78, 5) is 23.3. The van der Waals surface area contributed by atoms with Gasteiger partial charge in [0.1, 0.15) is 0 Å². The van der Waals surface area contributed by atoms with E-state index in [-0.39, 0.29) is 5.56 Å². The molecule has 0 unspecified atom stereocenters. The number of carbonyl (C=O) groups excluding carboxylic acids is 2. The van der Waals surface area contributed by atoms with Crippen LogP contribution in [0.25, 0.3) is 12.2 Å². The monoisotopic (exact) mass is 347 g/mol. The quantitative estimate of drug-likeness (QED) is 0.474. The first-order valence-corrected chi connectivity index (χ1v) is 7.70. The Morgan fingerprint density at radius 3 is 2.43 bits per heavy atom. The molecule has 1 aromatic carbocycles. The molecule has 2 aromatic rings. The zero-order chi connectivity index (χ0) is 17.0. The van der Waals surface area contributed by atoms with E-state index in [9.17, 15) is 9.59 Å². The Bertz CT molecular complexity index is 877. The van der Waals surface area contributed by atoms with Crippen molar-refractivity contribution >= 4 is 46.4 Å². The summed E-state index contributed by atoms with van der Waals surface area (Å²) in [7, 11) is 0. The summed E-state index contributed by atoms with van der Waals surface area (Å²) in [6, 6.07) is 7.42. The number of allylic oxidation sites excluding steroid dienone is 1. The van der Waals surface area contributed by atoms with E-state index in [2.05, 4.69) is 6.58 Å². The Morgan fingerprint density at radius 2 is 1.91 bits per heavy atom. The van der Waals surface area contributed by atoms with Crippen molar-refractivity contribution in [1.82, 2.24) is 4.57 Å². The van der Waals surface area contributed by atoms with E-state index in [0.717, 1.165) is 10.9 Å². The maximum Gasteiger partial charge on any atom is 0.293 e. The number of halogens is 2. The fraction of sp³-hybridized carbons (Fsp3) is 0.111. The van der Waals surface area contributed by atoms with Gasteiger partial charge in [0, 0.05) is 28.3 Å². The zero-order valence-corrected chi connectivity index (χ0v) is 14.1. The predicted molar refractivity (Wildman–Crippen MR) is 94.2 cm³/mol. The molecule has 0 spiro atoms. The Labute approximate surface area is 144 Å². The lowest BCUT2D eigenvalue weighted by molar-refractivity contribution is -0.108. The smallest absolute Gasteiger partial charge is 0.293 e. The van der Waals surface area contributed by atoms with Crippen LogP contribution in [-0.4, -0.2) is 15.6 Å². The molecule has 0 fully saturated rings. The molecule has 0 atom stereocenters. The van der Waals surface area contributed by atoms with Crippen molar-refractivity contribution < 1.29 is 9.59 Å². The third-order valence-corrected chi connectivity index (χ3v) is 3.84. The highest BCUT2D eigenvalue weighted by molar-refractivity contribution is 6.83. The summed E-state index contributed by atoms with van der Waals surface area (Å²) in [6.45, 7) is 6.03. The van der Waals surface area contributed by atoms with E-state index in [4.69, 9.17) is 23.2 Å². The number of hydrogen-bond acceptors (Lipinski definition) is 2. The van der Waals surface area contributed by atoms with Gasteiger partial charge in [-0.1, -0.05) is 42.5 Å². The molecule has 3 nitrogen and oxygen atoms in total. The van der Waals surface area contributed by atoms with Gasteiger partial charge in [-0.05, 0) is 42.3 Å². The molecule has 0 radical (unpaired) electrons. The fourth-order valence-corrected chi connectivity index (χ4v) is 2.62. The molecule has 118 valence electrons. The third-order valence-electron chi connectivity index (χ3n) is 3.41. The molecular formula is C18H15Cl2NO2. The Hall–Kier alpha value is -2.10. The molecule has 0 amide bonds. The molecule has 23 heavy (non-hydrogen) atoms. The number of ketones is 1. The van der Waals surface area contributed by atoms with Gasteiger partial charge < -0.3 is 4.57 Å². The first kappa shape index (κ1) is 17.3. The lowest BCUT2D eigenvalue weighted by atomic mass is 10.2. The maximum absolute atomic E-state index is 12.0. The SMILES string of the molecule is C=C/C=c1\c(=C/C)c(C(=O)C(=O)Cl)cn1Cc1ccc(Cl)cc1. The molecule has 1 heterocycles. The minimum atomic E-state index is -0.998. The van der Waals surface area contributed by atoms with Crippen molar-refractivity contribution in [3.8, 4) is 0 Å². The molecular weight excluding hydrogens is 333 g/mol. The highest BCUT2D eigenvalue weighted by Crippen LogP contribution is 2.10. The molecule has 5 heteroatoms. The average Bonchev–Trinajstić information content (AvgIpc) is 2.86. The maximum atomic E-state index is 12.0. The standard InChI is InChI=1S/C18H15Cl2NO2/c1-3-5-16-14(4-2)15(17(22)18(20)23)11-21(16)10-12-6-8-13(19)9-7-12/h3-9,11H,1,10H2,2H3/b14-4-,16-5+. The normalized spacial score (nSPS) is 12.5. The van der Waals surface area contributed by atoms with Crippen LogP contribution in [0.3, 0.4) is 0 Å². The van der Waals surface area contributed by atoms with Gasteiger partial charge in [0.05, 0.1) is 5.56 Å². The van der Waals surface area contributed by atoms with Gasteiger partial charge in [-0.15, -0.1) is 0 Å². The average molecular weight is 348 g/mol. The van der Waals surface area contributed by atoms with Gasteiger partial charge in [-0.3, -0.25) is 9.59 Å². The molecule has 0 saturated carbocycles. The minimum absolute atomic E-state index is 0.287. The van der Waals surface area contributed by atoms with Gasteiger partial charge in [0.25, 0.3) is 5.24 Å². The van der Waals surface area contributed by atoms with E-state index < -0.39 is 11.0 Å². The van der Waals surface area contributed by atoms with Gasteiger partial charge in [-0.25, -0.2) is 0 Å². The zero-order valence-electron chi connectivity index (χ0n) is 12.6. The van der Waals surface area contributed by atoms with Crippen LogP contribution >= 0.6 is 23.2 Å². The number of nitrogens with zero attached hydrogens (tertiary/aromatic N) is 1. The van der Waals surface area contributed by atoms with Crippen LogP contribution in [0.4, 0.5) is 0 Å². The lowest BCUT2D eigenvalue weighted by Gasteiger charge is -2.04. The summed E-state index contributed by atoms with van der Waals surface area (Å²) in [5, 5.41) is 1.11. The highest BCUT2D eigenvalue weighted by Gasteiger charge is 2.18. The molecule has 0 bridgehead atoms. The van der Waals surface area contributed by atoms with Gasteiger partial charge in [0.15, 0.2) is 0 Å².